The van der Waals surface area contributed by atoms with Gasteiger partial charge in [-0.15, -0.1) is 13.2 Å². The number of methoxy groups -OCH3 is 1. The molecule has 3 aliphatic rings. The van der Waals surface area contributed by atoms with Gasteiger partial charge in [0.15, 0.2) is 0 Å². The lowest BCUT2D eigenvalue weighted by molar-refractivity contribution is -0.274. The Kier molecular flexibility index (Phi) is 8.25. The van der Waals surface area contributed by atoms with Gasteiger partial charge in [-0.05, 0) is 97.5 Å². The Labute approximate surface area is 269 Å². The first-order valence-corrected chi connectivity index (χ1v) is 17.1. The Balaban J connectivity index is 1.04. The summed E-state index contributed by atoms with van der Waals surface area (Å²) in [6.07, 6.45) is -0.198. The van der Waals surface area contributed by atoms with Gasteiger partial charge < -0.3 is 18.7 Å². The third kappa shape index (κ3) is 6.61. The standard InChI is InChI=1S/C34H33F3N2O7S/c1-43-33(40)24-11-8-21-17-26(13-12-20(21)14-24)47(41,42)39-30-22-9-10-23(30)16-25(15-22)44-18-28-31(38-46-32(28)19-6-7-19)27-4-2-3-5-29(27)45-34(35,36)37/h2-5,8,11-14,17,19,22-23,25,30,39H,6-7,9-10,15-16,18H2,1H3. The quantitative estimate of drug-likeness (QED) is 0.178. The molecule has 3 aliphatic carbocycles. The van der Waals surface area contributed by atoms with Gasteiger partial charge in [0.1, 0.15) is 17.2 Å². The monoisotopic (exact) mass is 670 g/mol. The van der Waals surface area contributed by atoms with Gasteiger partial charge in [-0.1, -0.05) is 29.4 Å². The first-order chi connectivity index (χ1) is 22.5. The minimum absolute atomic E-state index is 0.0716. The predicted molar refractivity (Wildman–Crippen MR) is 164 cm³/mol. The fourth-order valence-electron chi connectivity index (χ4n) is 7.10. The average molecular weight is 671 g/mol. The summed E-state index contributed by atoms with van der Waals surface area (Å²) in [5.41, 5.74) is 1.45. The largest absolute Gasteiger partial charge is 0.573 e. The van der Waals surface area contributed by atoms with Crippen LogP contribution in [0.5, 0.6) is 5.75 Å². The molecule has 3 saturated carbocycles. The number of fused-ring (bicyclic) bond motifs is 3. The zero-order chi connectivity index (χ0) is 32.9. The smallest absolute Gasteiger partial charge is 0.465 e. The lowest BCUT2D eigenvalue weighted by Gasteiger charge is -2.35. The highest BCUT2D eigenvalue weighted by Gasteiger charge is 2.45. The van der Waals surface area contributed by atoms with Gasteiger partial charge in [-0.3, -0.25) is 0 Å². The SMILES string of the molecule is COC(=O)c1ccc2cc(S(=O)(=O)NC3C4CCC3CC(OCc3c(-c5ccccc5OC(F)(F)F)noc3C3CC3)C4)ccc2c1. The number of ether oxygens (including phenoxy) is 3. The molecule has 248 valence electrons. The van der Waals surface area contributed by atoms with Gasteiger partial charge in [0.2, 0.25) is 10.0 Å². The van der Waals surface area contributed by atoms with Gasteiger partial charge in [0, 0.05) is 23.1 Å². The molecule has 13 heteroatoms. The number of para-hydroxylation sites is 1. The summed E-state index contributed by atoms with van der Waals surface area (Å²) in [4.78, 5) is 12.0. The number of rotatable bonds is 10. The highest BCUT2D eigenvalue weighted by Crippen LogP contribution is 2.47. The summed E-state index contributed by atoms with van der Waals surface area (Å²) in [5.74, 6) is 0.0937. The molecule has 0 spiro atoms. The Morgan fingerprint density at radius 1 is 0.979 bits per heavy atom. The molecule has 2 bridgehead atoms. The maximum Gasteiger partial charge on any atom is 0.573 e. The average Bonchev–Trinajstić information content (AvgIpc) is 3.76. The summed E-state index contributed by atoms with van der Waals surface area (Å²) >= 11 is 0. The normalized spacial score (nSPS) is 22.8. The van der Waals surface area contributed by atoms with E-state index >= 15 is 0 Å². The first kappa shape index (κ1) is 31.6. The minimum atomic E-state index is -4.86. The van der Waals surface area contributed by atoms with E-state index in [1.165, 1.54) is 31.4 Å². The van der Waals surface area contributed by atoms with Crippen molar-refractivity contribution < 1.29 is 45.1 Å². The van der Waals surface area contributed by atoms with Crippen molar-refractivity contribution >= 4 is 26.8 Å². The van der Waals surface area contributed by atoms with Crippen LogP contribution in [-0.2, 0) is 26.1 Å². The number of nitrogens with one attached hydrogen (secondary N) is 1. The molecule has 3 fully saturated rings. The second kappa shape index (κ2) is 12.3. The van der Waals surface area contributed by atoms with Crippen LogP contribution in [0, 0.1) is 11.8 Å². The molecule has 9 nitrogen and oxygen atoms in total. The molecule has 47 heavy (non-hydrogen) atoms. The van der Waals surface area contributed by atoms with Gasteiger partial charge in [0.05, 0.1) is 30.3 Å². The molecular weight excluding hydrogens is 637 g/mol. The Hall–Kier alpha value is -3.94. The van der Waals surface area contributed by atoms with Crippen LogP contribution in [0.3, 0.4) is 0 Å². The maximum atomic E-state index is 13.5. The molecule has 3 aromatic carbocycles. The number of hydrogen-bond acceptors (Lipinski definition) is 8. The summed E-state index contributed by atoms with van der Waals surface area (Å²) in [6, 6.07) is 15.4. The van der Waals surface area contributed by atoms with Crippen molar-refractivity contribution in [3.8, 4) is 17.0 Å². The van der Waals surface area contributed by atoms with E-state index in [0.29, 0.717) is 35.1 Å². The van der Waals surface area contributed by atoms with E-state index in [4.69, 9.17) is 14.0 Å². The van der Waals surface area contributed by atoms with Crippen molar-refractivity contribution in [1.82, 2.24) is 9.88 Å². The zero-order valence-electron chi connectivity index (χ0n) is 25.5. The highest BCUT2D eigenvalue weighted by molar-refractivity contribution is 7.89. The molecule has 0 aliphatic heterocycles. The molecule has 0 saturated heterocycles. The van der Waals surface area contributed by atoms with Crippen LogP contribution in [0.25, 0.3) is 22.0 Å². The molecular formula is C34H33F3N2O7S. The van der Waals surface area contributed by atoms with Crippen molar-refractivity contribution in [1.29, 1.82) is 0 Å². The van der Waals surface area contributed by atoms with E-state index in [1.54, 1.807) is 36.4 Å². The summed E-state index contributed by atoms with van der Waals surface area (Å²) < 4.78 is 90.6. The number of sulfonamides is 1. The third-order valence-corrected chi connectivity index (χ3v) is 10.9. The van der Waals surface area contributed by atoms with E-state index in [0.717, 1.165) is 31.1 Å². The molecule has 2 unspecified atom stereocenters. The van der Waals surface area contributed by atoms with Gasteiger partial charge in [-0.25, -0.2) is 17.9 Å². The second-order valence-electron chi connectivity index (χ2n) is 12.6. The van der Waals surface area contributed by atoms with E-state index in [9.17, 15) is 26.4 Å². The molecule has 7 rings (SSSR count). The van der Waals surface area contributed by atoms with Crippen molar-refractivity contribution in [3.63, 3.8) is 0 Å². The molecule has 4 aromatic rings. The molecule has 1 N–H and O–H groups in total. The minimum Gasteiger partial charge on any atom is -0.465 e. The number of hydrogen-bond donors (Lipinski definition) is 1. The molecule has 1 heterocycles. The Morgan fingerprint density at radius 2 is 1.68 bits per heavy atom. The van der Waals surface area contributed by atoms with Crippen molar-refractivity contribution in [2.24, 2.45) is 11.8 Å². The summed E-state index contributed by atoms with van der Waals surface area (Å²) in [7, 11) is -2.52. The fraction of sp³-hybridized carbons (Fsp3) is 0.412. The number of carbonyl (C=O) groups is 1. The fourth-order valence-corrected chi connectivity index (χ4v) is 8.51. The van der Waals surface area contributed by atoms with Crippen molar-refractivity contribution in [3.05, 3.63) is 77.6 Å². The van der Waals surface area contributed by atoms with Gasteiger partial charge in [-0.2, -0.15) is 0 Å². The van der Waals surface area contributed by atoms with Crippen LogP contribution in [-0.4, -0.2) is 45.2 Å². The molecule has 0 amide bonds. The Bertz CT molecular complexity index is 1910. The number of halogens is 3. The van der Waals surface area contributed by atoms with E-state index < -0.39 is 22.4 Å². The molecule has 0 radical (unpaired) electrons. The van der Waals surface area contributed by atoms with Gasteiger partial charge in [0.25, 0.3) is 0 Å². The zero-order valence-corrected chi connectivity index (χ0v) is 26.3. The third-order valence-electron chi connectivity index (χ3n) is 9.49. The molecule has 1 aromatic heterocycles. The van der Waals surface area contributed by atoms with E-state index in [1.807, 2.05) is 0 Å². The van der Waals surface area contributed by atoms with Crippen LogP contribution in [0.4, 0.5) is 13.2 Å². The van der Waals surface area contributed by atoms with Crippen LogP contribution in [0.2, 0.25) is 0 Å². The number of aromatic nitrogens is 1. The summed E-state index contributed by atoms with van der Waals surface area (Å²) in [6.45, 7) is 0.111. The first-order valence-electron chi connectivity index (χ1n) is 15.6. The second-order valence-corrected chi connectivity index (χ2v) is 14.3. The number of benzene rings is 3. The predicted octanol–water partition coefficient (Wildman–Crippen LogP) is 7.11. The van der Waals surface area contributed by atoms with Crippen LogP contribution in [0.15, 0.2) is 70.1 Å². The lowest BCUT2D eigenvalue weighted by Crippen LogP contribution is -2.46. The number of esters is 1. The number of alkyl halides is 3. The van der Waals surface area contributed by atoms with Crippen LogP contribution in [0.1, 0.15) is 66.1 Å². The van der Waals surface area contributed by atoms with E-state index in [2.05, 4.69) is 14.6 Å². The van der Waals surface area contributed by atoms with Crippen molar-refractivity contribution in [2.45, 2.75) is 74.5 Å². The number of nitrogens with zero attached hydrogens (tertiary/aromatic N) is 1. The van der Waals surface area contributed by atoms with Crippen LogP contribution >= 0.6 is 0 Å². The maximum absolute atomic E-state index is 13.5. The van der Waals surface area contributed by atoms with Crippen molar-refractivity contribution in [2.75, 3.05) is 7.11 Å². The van der Waals surface area contributed by atoms with E-state index in [-0.39, 0.29) is 58.4 Å². The Morgan fingerprint density at radius 3 is 2.38 bits per heavy atom. The summed E-state index contributed by atoms with van der Waals surface area (Å²) in [5, 5.41) is 5.57. The highest BCUT2D eigenvalue weighted by atomic mass is 32.2. The topological polar surface area (TPSA) is 117 Å². The van der Waals surface area contributed by atoms with Crippen LogP contribution < -0.4 is 9.46 Å². The molecule has 2 atom stereocenters. The number of carbonyl (C=O) groups excluding carboxylic acids is 1. The van der Waals surface area contributed by atoms with Gasteiger partial charge >= 0.3 is 12.3 Å². The lowest BCUT2D eigenvalue weighted by atomic mass is 9.83.